The van der Waals surface area contributed by atoms with Crippen molar-refractivity contribution in [3.8, 4) is 0 Å². The Bertz CT molecular complexity index is 1080. The highest BCUT2D eigenvalue weighted by Crippen LogP contribution is 2.31. The molecule has 1 aromatic carbocycles. The number of ether oxygens (including phenoxy) is 1. The van der Waals surface area contributed by atoms with Crippen LogP contribution in [0.15, 0.2) is 47.6 Å². The van der Waals surface area contributed by atoms with Gasteiger partial charge in [-0.3, -0.25) is 4.79 Å². The van der Waals surface area contributed by atoms with Gasteiger partial charge in [-0.15, -0.1) is 0 Å². The summed E-state index contributed by atoms with van der Waals surface area (Å²) in [7, 11) is 1.97. The number of pyridine rings is 1. The van der Waals surface area contributed by atoms with E-state index in [1.165, 1.54) is 0 Å². The molecule has 0 radical (unpaired) electrons. The van der Waals surface area contributed by atoms with Crippen LogP contribution in [-0.4, -0.2) is 59.2 Å². The molecule has 3 heterocycles. The minimum atomic E-state index is -0.685. The van der Waals surface area contributed by atoms with Crippen molar-refractivity contribution in [1.29, 1.82) is 0 Å². The van der Waals surface area contributed by atoms with E-state index in [0.717, 1.165) is 74.4 Å². The van der Waals surface area contributed by atoms with E-state index in [1.807, 2.05) is 42.5 Å². The number of halogens is 1. The highest BCUT2D eigenvalue weighted by molar-refractivity contribution is 6.30. The molecule has 36 heavy (non-hydrogen) atoms. The highest BCUT2D eigenvalue weighted by Gasteiger charge is 2.29. The largest absolute Gasteiger partial charge is 0.481 e. The van der Waals surface area contributed by atoms with Gasteiger partial charge in [-0.25, -0.2) is 9.98 Å². The second-order valence-electron chi connectivity index (χ2n) is 10.1. The lowest BCUT2D eigenvalue weighted by Crippen LogP contribution is -2.39. The van der Waals surface area contributed by atoms with Crippen molar-refractivity contribution in [2.24, 2.45) is 10.9 Å². The monoisotopic (exact) mass is 511 g/mol. The van der Waals surface area contributed by atoms with Gasteiger partial charge in [0.15, 0.2) is 0 Å². The van der Waals surface area contributed by atoms with Crippen LogP contribution < -0.4 is 10.3 Å². The predicted octanol–water partition coefficient (Wildman–Crippen LogP) is 4.65. The van der Waals surface area contributed by atoms with Gasteiger partial charge in [0.1, 0.15) is 17.8 Å². The van der Waals surface area contributed by atoms with Crippen LogP contribution in [0.4, 0.5) is 5.82 Å². The van der Waals surface area contributed by atoms with Crippen LogP contribution in [0.2, 0.25) is 5.02 Å². The normalized spacial score (nSPS) is 25.4. The van der Waals surface area contributed by atoms with Crippen molar-refractivity contribution in [2.45, 2.75) is 63.3 Å². The third-order valence-electron chi connectivity index (χ3n) is 7.48. The lowest BCUT2D eigenvalue weighted by molar-refractivity contribution is -0.138. The summed E-state index contributed by atoms with van der Waals surface area (Å²) in [6, 6.07) is 11.9. The summed E-state index contributed by atoms with van der Waals surface area (Å²) < 4.78 is 6.39. The fraction of sp³-hybridized carbons (Fsp3) is 0.519. The molecule has 1 aromatic heterocycles. The Morgan fingerprint density at radius 1 is 1.11 bits per heavy atom. The van der Waals surface area contributed by atoms with Gasteiger partial charge in [0.2, 0.25) is 0 Å². The van der Waals surface area contributed by atoms with Crippen LogP contribution in [0, 0.1) is 5.92 Å². The number of carbonyl (C=O) groups is 1. The fourth-order valence-corrected chi connectivity index (χ4v) is 5.69. The maximum absolute atomic E-state index is 10.9. The van der Waals surface area contributed by atoms with Crippen molar-refractivity contribution in [3.63, 3.8) is 0 Å². The Morgan fingerprint density at radius 2 is 1.86 bits per heavy atom. The highest BCUT2D eigenvalue weighted by atomic mass is 35.5. The lowest BCUT2D eigenvalue weighted by Gasteiger charge is -2.36. The number of nitrogens with zero attached hydrogens (tertiary/aromatic N) is 4. The zero-order valence-electron chi connectivity index (χ0n) is 20.6. The molecule has 8 nitrogen and oxygen atoms in total. The smallest absolute Gasteiger partial charge is 0.303 e. The van der Waals surface area contributed by atoms with Crippen molar-refractivity contribution >= 4 is 29.2 Å². The number of anilines is 1. The van der Waals surface area contributed by atoms with Gasteiger partial charge < -0.3 is 20.2 Å². The molecule has 0 bridgehead atoms. The molecule has 2 fully saturated rings. The van der Waals surface area contributed by atoms with Crippen LogP contribution in [0.5, 0.6) is 0 Å². The standard InChI is InChI=1S/C27H34ClN5O3/c1-32-27(19-3-2-4-21(28)16-19)30-26(31-32)20-7-10-24(29-17-20)33-13-11-23(12-14-33)36-22-8-5-18(6-9-22)15-25(34)35/h2-4,7,10,16-18,22-23,27H,5-6,8-9,11-15H2,1H3,(H,30,31)(H,34,35)/t18-,22+,27?. The van der Waals surface area contributed by atoms with Crippen molar-refractivity contribution in [3.05, 3.63) is 58.7 Å². The first kappa shape index (κ1) is 25.0. The Morgan fingerprint density at radius 3 is 2.53 bits per heavy atom. The van der Waals surface area contributed by atoms with Gasteiger partial charge in [-0.05, 0) is 74.3 Å². The molecular formula is C27H34ClN5O3. The Labute approximate surface area is 217 Å². The first-order chi connectivity index (χ1) is 17.4. The van der Waals surface area contributed by atoms with E-state index in [1.54, 1.807) is 0 Å². The molecule has 2 N–H and O–H groups in total. The number of rotatable bonds is 7. The number of hydrogen-bond donors (Lipinski definition) is 2. The van der Waals surface area contributed by atoms with E-state index in [9.17, 15) is 4.79 Å². The topological polar surface area (TPSA) is 90.3 Å². The van der Waals surface area contributed by atoms with E-state index in [2.05, 4.69) is 22.5 Å². The van der Waals surface area contributed by atoms with E-state index >= 15 is 0 Å². The number of amidine groups is 1. The zero-order valence-corrected chi connectivity index (χ0v) is 21.4. The van der Waals surface area contributed by atoms with Gasteiger partial charge in [0.25, 0.3) is 0 Å². The summed E-state index contributed by atoms with van der Waals surface area (Å²) in [6.45, 7) is 1.84. The molecule has 1 aliphatic carbocycles. The molecule has 0 amide bonds. The fourth-order valence-electron chi connectivity index (χ4n) is 5.50. The minimum Gasteiger partial charge on any atom is -0.481 e. The van der Waals surface area contributed by atoms with Crippen LogP contribution in [0.25, 0.3) is 0 Å². The molecule has 2 aliphatic heterocycles. The molecular weight excluding hydrogens is 478 g/mol. The van der Waals surface area contributed by atoms with Gasteiger partial charge in [0, 0.05) is 43.3 Å². The van der Waals surface area contributed by atoms with Gasteiger partial charge in [-0.2, -0.15) is 5.01 Å². The number of carboxylic acid groups (broad SMARTS) is 1. The number of benzene rings is 1. The number of aliphatic carboxylic acids is 1. The van der Waals surface area contributed by atoms with Crippen LogP contribution in [0.3, 0.4) is 0 Å². The Kier molecular flexibility index (Phi) is 7.74. The molecule has 5 rings (SSSR count). The zero-order chi connectivity index (χ0) is 25.1. The van der Waals surface area contributed by atoms with E-state index in [4.69, 9.17) is 31.4 Å². The average molecular weight is 512 g/mol. The average Bonchev–Trinajstić information content (AvgIpc) is 3.27. The number of nitrogens with one attached hydrogen (secondary N) is 1. The molecule has 1 saturated heterocycles. The third-order valence-corrected chi connectivity index (χ3v) is 7.71. The third kappa shape index (κ3) is 5.99. The van der Waals surface area contributed by atoms with Gasteiger partial charge >= 0.3 is 5.97 Å². The van der Waals surface area contributed by atoms with Crippen LogP contribution in [0.1, 0.15) is 62.2 Å². The van der Waals surface area contributed by atoms with Crippen molar-refractivity contribution < 1.29 is 14.6 Å². The van der Waals surface area contributed by atoms with Gasteiger partial charge in [0.05, 0.1) is 12.2 Å². The molecule has 2 aromatic rings. The van der Waals surface area contributed by atoms with Crippen molar-refractivity contribution in [2.75, 3.05) is 25.0 Å². The number of hydrogen-bond acceptors (Lipinski definition) is 7. The first-order valence-electron chi connectivity index (χ1n) is 12.9. The van der Waals surface area contributed by atoms with Gasteiger partial charge in [-0.1, -0.05) is 23.7 Å². The number of carboxylic acids is 1. The second kappa shape index (κ2) is 11.2. The SMILES string of the molecule is CN1NC(c2ccc(N3CCC(O[C@H]4CC[C@@H](CC(=O)O)CC4)CC3)nc2)=NC1c1cccc(Cl)c1. The molecule has 1 atom stereocenters. The predicted molar refractivity (Wildman–Crippen MR) is 140 cm³/mol. The summed E-state index contributed by atoms with van der Waals surface area (Å²) in [5.41, 5.74) is 5.32. The maximum atomic E-state index is 10.9. The first-order valence-corrected chi connectivity index (χ1v) is 13.2. The molecule has 192 valence electrons. The number of hydrazine groups is 1. The summed E-state index contributed by atoms with van der Waals surface area (Å²) in [5.74, 6) is 1.40. The number of piperidine rings is 1. The summed E-state index contributed by atoms with van der Waals surface area (Å²) in [6.07, 6.45) is 8.44. The van der Waals surface area contributed by atoms with E-state index < -0.39 is 5.97 Å². The Balaban J connectivity index is 1.12. The van der Waals surface area contributed by atoms with E-state index in [0.29, 0.717) is 17.4 Å². The van der Waals surface area contributed by atoms with Crippen LogP contribution >= 0.6 is 11.6 Å². The quantitative estimate of drug-likeness (QED) is 0.559. The lowest BCUT2D eigenvalue weighted by atomic mass is 9.85. The maximum Gasteiger partial charge on any atom is 0.303 e. The van der Waals surface area contributed by atoms with Crippen LogP contribution in [-0.2, 0) is 9.53 Å². The van der Waals surface area contributed by atoms with Crippen molar-refractivity contribution in [1.82, 2.24) is 15.4 Å². The summed E-state index contributed by atoms with van der Waals surface area (Å²) in [5, 5.41) is 11.7. The van der Waals surface area contributed by atoms with E-state index in [-0.39, 0.29) is 18.4 Å². The molecule has 1 unspecified atom stereocenters. The summed E-state index contributed by atoms with van der Waals surface area (Å²) >= 11 is 6.17. The molecule has 1 saturated carbocycles. The second-order valence-corrected chi connectivity index (χ2v) is 10.5. The Hall–Kier alpha value is -2.68. The molecule has 0 spiro atoms. The number of aliphatic imine (C=N–C) groups is 1. The molecule has 3 aliphatic rings. The minimum absolute atomic E-state index is 0.135. The summed E-state index contributed by atoms with van der Waals surface area (Å²) in [4.78, 5) is 22.8. The number of aromatic nitrogens is 1. The molecule has 9 heteroatoms.